The summed E-state index contributed by atoms with van der Waals surface area (Å²) >= 11 is 0. The molecule has 5 nitrogen and oxygen atoms in total. The van der Waals surface area contributed by atoms with Crippen molar-refractivity contribution in [1.82, 2.24) is 5.32 Å². The highest BCUT2D eigenvalue weighted by Gasteiger charge is 2.33. The van der Waals surface area contributed by atoms with Gasteiger partial charge in [-0.2, -0.15) is 0 Å². The Balaban J connectivity index is 2.36. The van der Waals surface area contributed by atoms with Crippen molar-refractivity contribution < 1.29 is 20.4 Å². The molecule has 3 atom stereocenters. The lowest BCUT2D eigenvalue weighted by Crippen LogP contribution is -2.36. The van der Waals surface area contributed by atoms with Crippen molar-refractivity contribution in [2.45, 2.75) is 31.0 Å². The molecule has 0 bridgehead atoms. The third-order valence-corrected chi connectivity index (χ3v) is 1.86. The molecule has 1 aliphatic rings. The van der Waals surface area contributed by atoms with Gasteiger partial charge in [-0.25, -0.2) is 0 Å². The third kappa shape index (κ3) is 2.11. The van der Waals surface area contributed by atoms with Crippen LogP contribution in [0.3, 0.4) is 0 Å². The molecule has 0 aliphatic carbocycles. The quantitative estimate of drug-likeness (QED) is 0.287. The van der Waals surface area contributed by atoms with E-state index in [1.807, 2.05) is 0 Å². The smallest absolute Gasteiger partial charge is 0.153 e. The van der Waals surface area contributed by atoms with Gasteiger partial charge >= 0.3 is 0 Å². The minimum absolute atomic E-state index is 0.0399. The molecular formula is C6H13NO4. The number of rotatable bonds is 2. The van der Waals surface area contributed by atoms with E-state index in [9.17, 15) is 5.11 Å². The lowest BCUT2D eigenvalue weighted by Gasteiger charge is -2.16. The van der Waals surface area contributed by atoms with Crippen molar-refractivity contribution in [3.63, 3.8) is 0 Å². The molecule has 1 fully saturated rings. The number of nitrogens with one attached hydrogen (secondary N) is 1. The number of β-amino-alcohol motifs (C(OH)–C–C–N with tert-alkyl or cyclic N) is 1. The van der Waals surface area contributed by atoms with Crippen LogP contribution in [0, 0.1) is 0 Å². The molecule has 5 heteroatoms. The number of aliphatic hydroxyl groups is 4. The number of hydrogen-bond donors (Lipinski definition) is 5. The summed E-state index contributed by atoms with van der Waals surface area (Å²) in [7, 11) is 0. The van der Waals surface area contributed by atoms with E-state index in [1.165, 1.54) is 0 Å². The fourth-order valence-corrected chi connectivity index (χ4v) is 1.23. The fourth-order valence-electron chi connectivity index (χ4n) is 1.23. The summed E-state index contributed by atoms with van der Waals surface area (Å²) in [6.07, 6.45) is -3.08. The molecular weight excluding hydrogens is 150 g/mol. The van der Waals surface area contributed by atoms with E-state index in [1.54, 1.807) is 0 Å². The van der Waals surface area contributed by atoms with Crippen LogP contribution in [0.25, 0.3) is 0 Å². The first-order valence-corrected chi connectivity index (χ1v) is 3.57. The Kier molecular flexibility index (Phi) is 2.80. The standard InChI is InChI=1S/C6H13NO4/c8-4-2-7-3(6(4)11)1-5(9)10/h3-11H,1-2H2/t3-,4+,6-/m1/s1. The first-order chi connectivity index (χ1) is 5.11. The summed E-state index contributed by atoms with van der Waals surface area (Å²) in [6.45, 7) is 0.304. The third-order valence-electron chi connectivity index (χ3n) is 1.86. The summed E-state index contributed by atoms with van der Waals surface area (Å²) < 4.78 is 0. The van der Waals surface area contributed by atoms with Crippen LogP contribution < -0.4 is 5.32 Å². The molecule has 1 aliphatic heterocycles. The van der Waals surface area contributed by atoms with Crippen LogP contribution in [0.4, 0.5) is 0 Å². The minimum atomic E-state index is -1.44. The van der Waals surface area contributed by atoms with Gasteiger partial charge in [0.05, 0.1) is 12.2 Å². The van der Waals surface area contributed by atoms with E-state index < -0.39 is 24.5 Å². The van der Waals surface area contributed by atoms with Gasteiger partial charge in [0.2, 0.25) is 0 Å². The molecule has 1 heterocycles. The van der Waals surface area contributed by atoms with Crippen LogP contribution in [-0.4, -0.2) is 51.5 Å². The molecule has 0 amide bonds. The summed E-state index contributed by atoms with van der Waals surface area (Å²) in [4.78, 5) is 0. The van der Waals surface area contributed by atoms with Gasteiger partial charge in [-0.3, -0.25) is 0 Å². The van der Waals surface area contributed by atoms with E-state index in [2.05, 4.69) is 5.32 Å². The van der Waals surface area contributed by atoms with E-state index in [4.69, 9.17) is 15.3 Å². The lowest BCUT2D eigenvalue weighted by atomic mass is 10.1. The molecule has 0 aromatic carbocycles. The normalized spacial score (nSPS) is 38.5. The molecule has 0 radical (unpaired) electrons. The van der Waals surface area contributed by atoms with Crippen LogP contribution in [0.1, 0.15) is 6.42 Å². The summed E-state index contributed by atoms with van der Waals surface area (Å²) in [5.41, 5.74) is 0. The lowest BCUT2D eigenvalue weighted by molar-refractivity contribution is -0.0622. The van der Waals surface area contributed by atoms with Crippen molar-refractivity contribution >= 4 is 0 Å². The maximum atomic E-state index is 9.17. The highest BCUT2D eigenvalue weighted by atomic mass is 16.5. The zero-order chi connectivity index (χ0) is 8.43. The van der Waals surface area contributed by atoms with Gasteiger partial charge in [-0.15, -0.1) is 0 Å². The molecule has 0 aromatic heterocycles. The van der Waals surface area contributed by atoms with E-state index in [-0.39, 0.29) is 6.42 Å². The first-order valence-electron chi connectivity index (χ1n) is 3.57. The topological polar surface area (TPSA) is 93.0 Å². The second-order valence-electron chi connectivity index (χ2n) is 2.79. The molecule has 11 heavy (non-hydrogen) atoms. The van der Waals surface area contributed by atoms with E-state index >= 15 is 0 Å². The maximum absolute atomic E-state index is 9.17. The van der Waals surface area contributed by atoms with Crippen LogP contribution in [0.5, 0.6) is 0 Å². The van der Waals surface area contributed by atoms with Crippen LogP contribution in [0.2, 0.25) is 0 Å². The van der Waals surface area contributed by atoms with Crippen molar-refractivity contribution in [2.75, 3.05) is 6.54 Å². The SMILES string of the molecule is OC(O)C[C@H]1NC[C@H](O)[C@@H]1O. The van der Waals surface area contributed by atoms with Crippen molar-refractivity contribution in [1.29, 1.82) is 0 Å². The first kappa shape index (κ1) is 8.89. The van der Waals surface area contributed by atoms with Gasteiger partial charge in [-0.1, -0.05) is 0 Å². The molecule has 0 saturated carbocycles. The number of aliphatic hydroxyl groups excluding tert-OH is 3. The predicted molar refractivity (Wildman–Crippen MR) is 36.6 cm³/mol. The highest BCUT2D eigenvalue weighted by molar-refractivity contribution is 4.90. The van der Waals surface area contributed by atoms with Crippen LogP contribution in [0.15, 0.2) is 0 Å². The minimum Gasteiger partial charge on any atom is -0.389 e. The highest BCUT2D eigenvalue weighted by Crippen LogP contribution is 2.11. The van der Waals surface area contributed by atoms with Gasteiger partial charge in [0.15, 0.2) is 6.29 Å². The van der Waals surface area contributed by atoms with Gasteiger partial charge in [0.1, 0.15) is 0 Å². The molecule has 0 spiro atoms. The zero-order valence-electron chi connectivity index (χ0n) is 6.01. The average molecular weight is 163 g/mol. The molecule has 66 valence electrons. The number of hydrogen-bond acceptors (Lipinski definition) is 5. The van der Waals surface area contributed by atoms with E-state index in [0.717, 1.165) is 0 Å². The summed E-state index contributed by atoms with van der Waals surface area (Å²) in [5, 5.41) is 38.0. The fraction of sp³-hybridized carbons (Fsp3) is 1.00. The second-order valence-corrected chi connectivity index (χ2v) is 2.79. The molecule has 1 rings (SSSR count). The Labute approximate surface area is 64.3 Å². The second kappa shape index (κ2) is 3.46. The van der Waals surface area contributed by atoms with Gasteiger partial charge in [-0.05, 0) is 0 Å². The van der Waals surface area contributed by atoms with Crippen molar-refractivity contribution in [2.24, 2.45) is 0 Å². The van der Waals surface area contributed by atoms with Crippen molar-refractivity contribution in [3.8, 4) is 0 Å². The molecule has 1 saturated heterocycles. The van der Waals surface area contributed by atoms with Gasteiger partial charge < -0.3 is 25.7 Å². The Morgan fingerprint density at radius 3 is 2.36 bits per heavy atom. The zero-order valence-corrected chi connectivity index (χ0v) is 6.01. The maximum Gasteiger partial charge on any atom is 0.153 e. The molecule has 5 N–H and O–H groups in total. The van der Waals surface area contributed by atoms with Crippen LogP contribution in [-0.2, 0) is 0 Å². The van der Waals surface area contributed by atoms with Gasteiger partial charge in [0, 0.05) is 19.0 Å². The Morgan fingerprint density at radius 1 is 1.36 bits per heavy atom. The molecule has 0 unspecified atom stereocenters. The summed E-state index contributed by atoms with van der Waals surface area (Å²) in [6, 6.07) is -0.412. The van der Waals surface area contributed by atoms with Crippen LogP contribution >= 0.6 is 0 Å². The largest absolute Gasteiger partial charge is 0.389 e. The Hall–Kier alpha value is -0.200. The summed E-state index contributed by atoms with van der Waals surface area (Å²) in [5.74, 6) is 0. The van der Waals surface area contributed by atoms with Gasteiger partial charge in [0.25, 0.3) is 0 Å². The van der Waals surface area contributed by atoms with E-state index in [0.29, 0.717) is 6.54 Å². The predicted octanol–water partition coefficient (Wildman–Crippen LogP) is -2.62. The van der Waals surface area contributed by atoms with Crippen molar-refractivity contribution in [3.05, 3.63) is 0 Å². The Morgan fingerprint density at radius 2 is 2.00 bits per heavy atom. The molecule has 0 aromatic rings. The average Bonchev–Trinajstić information content (AvgIpc) is 2.18. The monoisotopic (exact) mass is 163 g/mol. The Bertz CT molecular complexity index is 130.